The van der Waals surface area contributed by atoms with Crippen LogP contribution in [0.4, 0.5) is 5.69 Å². The van der Waals surface area contributed by atoms with E-state index < -0.39 is 13.2 Å². The van der Waals surface area contributed by atoms with Gasteiger partial charge in [0, 0.05) is 5.70 Å². The van der Waals surface area contributed by atoms with Crippen LogP contribution in [0.25, 0.3) is 0 Å². The monoisotopic (exact) mass is 402 g/mol. The fraction of sp³-hybridized carbons (Fsp3) is 0.429. The van der Waals surface area contributed by atoms with Crippen molar-refractivity contribution in [2.75, 3.05) is 24.6 Å². The summed E-state index contributed by atoms with van der Waals surface area (Å²) in [6.45, 7) is 9.27. The second-order valence-electron chi connectivity index (χ2n) is 6.95. The second-order valence-corrected chi connectivity index (χ2v) is 8.46. The molecule has 1 amide bonds. The Bertz CT molecular complexity index is 778. The van der Waals surface area contributed by atoms with Crippen LogP contribution in [0.3, 0.4) is 0 Å². The van der Waals surface area contributed by atoms with Crippen LogP contribution in [0.5, 0.6) is 0 Å². The number of carbonyl (C=O) groups excluding carboxylic acids is 1. The molecule has 1 saturated heterocycles. The number of rotatable bonds is 10. The normalized spacial score (nSPS) is 20.7. The van der Waals surface area contributed by atoms with Gasteiger partial charge < -0.3 is 4.74 Å². The third-order valence-electron chi connectivity index (χ3n) is 4.74. The molecule has 2 unspecified atom stereocenters. The zero-order valence-electron chi connectivity index (χ0n) is 16.9. The van der Waals surface area contributed by atoms with Crippen LogP contribution >= 0.6 is 7.80 Å². The van der Waals surface area contributed by atoms with Crippen LogP contribution < -0.4 is 5.01 Å². The van der Waals surface area contributed by atoms with Gasteiger partial charge in [-0.1, -0.05) is 55.2 Å². The predicted octanol–water partition coefficient (Wildman–Crippen LogP) is 4.93. The van der Waals surface area contributed by atoms with Crippen molar-refractivity contribution in [3.05, 3.63) is 54.8 Å². The van der Waals surface area contributed by atoms with Gasteiger partial charge in [-0.15, -0.1) is 0 Å². The summed E-state index contributed by atoms with van der Waals surface area (Å²) in [4.78, 5) is 13.7. The van der Waals surface area contributed by atoms with Crippen molar-refractivity contribution in [2.24, 2.45) is 5.41 Å². The fourth-order valence-electron chi connectivity index (χ4n) is 3.33. The molecule has 0 radical (unpaired) electrons. The number of unbranched alkanes of at least 4 members (excludes halogenated alkanes) is 1. The van der Waals surface area contributed by atoms with Crippen molar-refractivity contribution in [1.29, 1.82) is 5.41 Å². The Morgan fingerprint density at radius 2 is 2.04 bits per heavy atom. The van der Waals surface area contributed by atoms with Crippen molar-refractivity contribution in [3.63, 3.8) is 0 Å². The molecule has 1 fully saturated rings. The standard InChI is InChI=1S/C21H29N3O3P/c1-5-7-14-21(15-27-16-28(4)26)19(22)23(17(3)11-6-2)24(20(21)25)18-12-9-8-10-13-18/h6,8-13,22H,2,5,7,14-16H2,1,3-4H3/q+1. The topological polar surface area (TPSA) is 73.7 Å². The quantitative estimate of drug-likeness (QED) is 0.445. The molecule has 1 aromatic carbocycles. The molecule has 1 aliphatic heterocycles. The molecule has 7 heteroatoms. The number of ether oxygens (including phenoxy) is 1. The van der Waals surface area contributed by atoms with Crippen LogP contribution in [0.1, 0.15) is 33.1 Å². The zero-order valence-corrected chi connectivity index (χ0v) is 17.7. The van der Waals surface area contributed by atoms with E-state index in [9.17, 15) is 9.36 Å². The maximum atomic E-state index is 13.7. The van der Waals surface area contributed by atoms with Crippen molar-refractivity contribution < 1.29 is 14.1 Å². The fourth-order valence-corrected chi connectivity index (χ4v) is 3.68. The number of nitrogens with one attached hydrogen (secondary N) is 1. The summed E-state index contributed by atoms with van der Waals surface area (Å²) in [6.07, 6.45) is 5.69. The van der Waals surface area contributed by atoms with Crippen molar-refractivity contribution in [1.82, 2.24) is 5.01 Å². The van der Waals surface area contributed by atoms with E-state index in [0.717, 1.165) is 18.5 Å². The van der Waals surface area contributed by atoms with E-state index in [1.165, 1.54) is 0 Å². The summed E-state index contributed by atoms with van der Waals surface area (Å²) >= 11 is 0. The summed E-state index contributed by atoms with van der Waals surface area (Å²) in [6, 6.07) is 9.30. The molecule has 0 bridgehead atoms. The predicted molar refractivity (Wildman–Crippen MR) is 114 cm³/mol. The van der Waals surface area contributed by atoms with E-state index in [2.05, 4.69) is 13.5 Å². The first-order chi connectivity index (χ1) is 13.4. The minimum absolute atomic E-state index is 0.0424. The molecule has 1 aromatic rings. The number of para-hydroxylation sites is 1. The van der Waals surface area contributed by atoms with Gasteiger partial charge in [0.15, 0.2) is 0 Å². The highest BCUT2D eigenvalue weighted by Gasteiger charge is 2.56. The number of amides is 1. The first kappa shape index (κ1) is 22.0. The summed E-state index contributed by atoms with van der Waals surface area (Å²) in [7, 11) is -1.47. The zero-order chi connectivity index (χ0) is 20.7. The number of nitrogens with zero attached hydrogens (tertiary/aromatic N) is 2. The molecule has 2 rings (SSSR count). The van der Waals surface area contributed by atoms with Crippen molar-refractivity contribution in [2.45, 2.75) is 33.1 Å². The van der Waals surface area contributed by atoms with Gasteiger partial charge in [-0.2, -0.15) is 0 Å². The highest BCUT2D eigenvalue weighted by Crippen LogP contribution is 2.42. The van der Waals surface area contributed by atoms with E-state index in [1.807, 2.05) is 37.3 Å². The first-order valence-corrected chi connectivity index (χ1v) is 11.3. The molecule has 150 valence electrons. The largest absolute Gasteiger partial charge is 0.363 e. The summed E-state index contributed by atoms with van der Waals surface area (Å²) in [5.41, 5.74) is 0.305. The Morgan fingerprint density at radius 3 is 2.61 bits per heavy atom. The van der Waals surface area contributed by atoms with E-state index in [1.54, 1.807) is 28.8 Å². The lowest BCUT2D eigenvalue weighted by Crippen LogP contribution is -2.41. The number of benzene rings is 1. The Hall–Kier alpha value is -2.30. The molecular weight excluding hydrogens is 373 g/mol. The maximum absolute atomic E-state index is 13.7. The molecule has 2 atom stereocenters. The van der Waals surface area contributed by atoms with Gasteiger partial charge in [0.2, 0.25) is 6.35 Å². The van der Waals surface area contributed by atoms with Crippen LogP contribution in [-0.2, 0) is 14.1 Å². The Balaban J connectivity index is 2.53. The molecule has 1 aliphatic rings. The second kappa shape index (κ2) is 9.76. The Morgan fingerprint density at radius 1 is 1.36 bits per heavy atom. The minimum atomic E-state index is -1.47. The van der Waals surface area contributed by atoms with Gasteiger partial charge >= 0.3 is 7.80 Å². The number of anilines is 1. The van der Waals surface area contributed by atoms with Gasteiger partial charge in [0.05, 0.1) is 12.3 Å². The highest BCUT2D eigenvalue weighted by atomic mass is 31.1. The highest BCUT2D eigenvalue weighted by molar-refractivity contribution is 7.43. The maximum Gasteiger partial charge on any atom is 0.363 e. The molecule has 6 nitrogen and oxygen atoms in total. The number of amidine groups is 1. The lowest BCUT2D eigenvalue weighted by Gasteiger charge is -2.29. The van der Waals surface area contributed by atoms with Crippen molar-refractivity contribution >= 4 is 25.2 Å². The molecule has 0 spiro atoms. The summed E-state index contributed by atoms with van der Waals surface area (Å²) < 4.78 is 17.1. The number of allylic oxidation sites excluding steroid dienone is 3. The lowest BCUT2D eigenvalue weighted by atomic mass is 9.82. The molecule has 0 saturated carbocycles. The van der Waals surface area contributed by atoms with E-state index >= 15 is 0 Å². The van der Waals surface area contributed by atoms with E-state index in [-0.39, 0.29) is 24.7 Å². The molecule has 28 heavy (non-hydrogen) atoms. The van der Waals surface area contributed by atoms with E-state index in [4.69, 9.17) is 10.1 Å². The van der Waals surface area contributed by atoms with Crippen LogP contribution in [0.2, 0.25) is 0 Å². The van der Waals surface area contributed by atoms with Crippen LogP contribution in [-0.4, -0.2) is 36.4 Å². The smallest absolute Gasteiger partial charge is 0.336 e. The van der Waals surface area contributed by atoms with Gasteiger partial charge in [0.1, 0.15) is 17.9 Å². The Kier molecular flexibility index (Phi) is 7.67. The number of carbonyl (C=O) groups is 1. The van der Waals surface area contributed by atoms with Gasteiger partial charge in [0.25, 0.3) is 5.91 Å². The molecule has 0 aromatic heterocycles. The average molecular weight is 402 g/mol. The lowest BCUT2D eigenvalue weighted by molar-refractivity contribution is -0.126. The van der Waals surface area contributed by atoms with Crippen molar-refractivity contribution in [3.8, 4) is 0 Å². The molecule has 0 aliphatic carbocycles. The van der Waals surface area contributed by atoms with Gasteiger partial charge in [-0.3, -0.25) is 10.2 Å². The third kappa shape index (κ3) is 4.40. The number of hydrazine groups is 1. The van der Waals surface area contributed by atoms with Gasteiger partial charge in [-0.25, -0.2) is 10.0 Å². The van der Waals surface area contributed by atoms with Crippen LogP contribution in [0, 0.1) is 10.8 Å². The summed E-state index contributed by atoms with van der Waals surface area (Å²) in [5, 5.41) is 12.1. The SMILES string of the molecule is C=CC=C(C)N1C(=N)C(CCCC)(COC[P+](C)=O)C(=O)N1c1ccccc1. The minimum Gasteiger partial charge on any atom is -0.336 e. The average Bonchev–Trinajstić information content (AvgIpc) is 2.89. The number of hydrogen-bond donors (Lipinski definition) is 1. The third-order valence-corrected chi connectivity index (χ3v) is 5.29. The molecule has 1 N–H and O–H groups in total. The summed E-state index contributed by atoms with van der Waals surface area (Å²) in [5.74, 6) is -0.0166. The molecular formula is C21H29N3O3P+. The molecule has 1 heterocycles. The van der Waals surface area contributed by atoms with Gasteiger partial charge in [-0.05, 0) is 31.6 Å². The number of hydrogen-bond acceptors (Lipinski definition) is 4. The van der Waals surface area contributed by atoms with E-state index in [0.29, 0.717) is 12.1 Å². The van der Waals surface area contributed by atoms with Crippen LogP contribution in [0.15, 0.2) is 54.8 Å². The first-order valence-electron chi connectivity index (χ1n) is 9.43. The Labute approximate surface area is 168 Å².